The van der Waals surface area contributed by atoms with E-state index in [0.29, 0.717) is 5.92 Å². The maximum atomic E-state index is 9.32. The van der Waals surface area contributed by atoms with Crippen LogP contribution in [0, 0.1) is 0 Å². The van der Waals surface area contributed by atoms with Gasteiger partial charge in [0.1, 0.15) is 5.82 Å². The second-order valence-corrected chi connectivity index (χ2v) is 4.54. The fraction of sp³-hybridized carbons (Fsp3) is 0.727. The third-order valence-electron chi connectivity index (χ3n) is 2.74. The minimum absolute atomic E-state index is 0.110. The van der Waals surface area contributed by atoms with Gasteiger partial charge in [0.25, 0.3) is 0 Å². The van der Waals surface area contributed by atoms with E-state index in [1.807, 2.05) is 26.4 Å². The van der Waals surface area contributed by atoms with Gasteiger partial charge in [-0.1, -0.05) is 13.8 Å². The smallest absolute Gasteiger partial charge is 0.111 e. The Balaban J connectivity index is 2.84. The van der Waals surface area contributed by atoms with Gasteiger partial charge in [-0.3, -0.25) is 0 Å². The molecule has 86 valence electrons. The Morgan fingerprint density at radius 2 is 2.27 bits per heavy atom. The van der Waals surface area contributed by atoms with Crippen molar-refractivity contribution in [3.8, 4) is 0 Å². The Labute approximate surface area is 91.3 Å². The molecule has 0 radical (unpaired) electrons. The van der Waals surface area contributed by atoms with Gasteiger partial charge < -0.3 is 15.0 Å². The highest BCUT2D eigenvalue weighted by atomic mass is 16.3. The van der Waals surface area contributed by atoms with Gasteiger partial charge >= 0.3 is 0 Å². The lowest BCUT2D eigenvalue weighted by Crippen LogP contribution is -2.47. The molecule has 1 aromatic heterocycles. The van der Waals surface area contributed by atoms with Crippen LogP contribution in [0.1, 0.15) is 32.5 Å². The molecule has 0 saturated carbocycles. The summed E-state index contributed by atoms with van der Waals surface area (Å²) in [5.74, 6) is 1.46. The third-order valence-corrected chi connectivity index (χ3v) is 2.74. The Morgan fingerprint density at radius 3 is 2.73 bits per heavy atom. The Hall–Kier alpha value is -0.870. The van der Waals surface area contributed by atoms with Crippen molar-refractivity contribution in [3.63, 3.8) is 0 Å². The van der Waals surface area contributed by atoms with Crippen molar-refractivity contribution in [2.24, 2.45) is 0 Å². The number of aliphatic hydroxyl groups excluding tert-OH is 1. The molecule has 0 spiro atoms. The Bertz CT molecular complexity index is 303. The van der Waals surface area contributed by atoms with Gasteiger partial charge in [-0.15, -0.1) is 0 Å². The van der Waals surface area contributed by atoms with Crippen LogP contribution in [0.25, 0.3) is 0 Å². The van der Waals surface area contributed by atoms with Crippen LogP contribution >= 0.6 is 0 Å². The number of aromatic nitrogens is 2. The monoisotopic (exact) mass is 211 g/mol. The minimum atomic E-state index is -0.287. The second-order valence-electron chi connectivity index (χ2n) is 4.54. The van der Waals surface area contributed by atoms with Crippen LogP contribution in [0.5, 0.6) is 0 Å². The van der Waals surface area contributed by atoms with Crippen LogP contribution in [0.2, 0.25) is 0 Å². The molecule has 4 nitrogen and oxygen atoms in total. The highest BCUT2D eigenvalue weighted by Crippen LogP contribution is 2.15. The molecule has 0 bridgehead atoms. The second kappa shape index (κ2) is 4.77. The van der Waals surface area contributed by atoms with Crippen molar-refractivity contribution in [2.75, 3.05) is 13.7 Å². The van der Waals surface area contributed by atoms with Crippen molar-refractivity contribution in [1.29, 1.82) is 0 Å². The van der Waals surface area contributed by atoms with E-state index < -0.39 is 0 Å². The van der Waals surface area contributed by atoms with E-state index in [-0.39, 0.29) is 12.1 Å². The summed E-state index contributed by atoms with van der Waals surface area (Å²) in [4.78, 5) is 4.32. The van der Waals surface area contributed by atoms with E-state index in [0.717, 1.165) is 12.4 Å². The van der Waals surface area contributed by atoms with Crippen LogP contribution in [0.4, 0.5) is 0 Å². The van der Waals surface area contributed by atoms with Crippen LogP contribution < -0.4 is 5.32 Å². The average Bonchev–Trinajstić information content (AvgIpc) is 2.65. The quantitative estimate of drug-likeness (QED) is 0.763. The zero-order chi connectivity index (χ0) is 11.5. The molecule has 0 aromatic carbocycles. The number of hydrogen-bond donors (Lipinski definition) is 2. The lowest BCUT2D eigenvalue weighted by molar-refractivity contribution is 0.164. The standard InChI is InChI=1S/C11H21N3O/c1-9(2)10-13-5-6-14(10)7-11(3,8-15)12-4/h5-6,9,12,15H,7-8H2,1-4H3. The predicted octanol–water partition coefficient (Wildman–Crippen LogP) is 0.977. The molecule has 1 rings (SSSR count). The van der Waals surface area contributed by atoms with Gasteiger partial charge in [0.2, 0.25) is 0 Å². The summed E-state index contributed by atoms with van der Waals surface area (Å²) >= 11 is 0. The lowest BCUT2D eigenvalue weighted by atomic mass is 10.0. The van der Waals surface area contributed by atoms with Gasteiger partial charge in [-0.05, 0) is 14.0 Å². The third kappa shape index (κ3) is 2.79. The first kappa shape index (κ1) is 12.2. The zero-order valence-electron chi connectivity index (χ0n) is 9.99. The highest BCUT2D eigenvalue weighted by Gasteiger charge is 2.22. The van der Waals surface area contributed by atoms with Crippen LogP contribution in [0.3, 0.4) is 0 Å². The molecule has 0 aliphatic carbocycles. The van der Waals surface area contributed by atoms with Crippen molar-refractivity contribution < 1.29 is 5.11 Å². The van der Waals surface area contributed by atoms with E-state index in [1.54, 1.807) is 0 Å². The topological polar surface area (TPSA) is 50.1 Å². The van der Waals surface area contributed by atoms with Crippen LogP contribution in [-0.4, -0.2) is 33.9 Å². The molecule has 0 aliphatic rings. The number of nitrogens with one attached hydrogen (secondary N) is 1. The van der Waals surface area contributed by atoms with Crippen molar-refractivity contribution >= 4 is 0 Å². The molecule has 0 saturated heterocycles. The van der Waals surface area contributed by atoms with Crippen LogP contribution in [-0.2, 0) is 6.54 Å². The largest absolute Gasteiger partial charge is 0.394 e. The van der Waals surface area contributed by atoms with E-state index in [4.69, 9.17) is 0 Å². The van der Waals surface area contributed by atoms with E-state index in [1.165, 1.54) is 0 Å². The summed E-state index contributed by atoms with van der Waals surface area (Å²) in [6.45, 7) is 7.08. The van der Waals surface area contributed by atoms with Crippen molar-refractivity contribution in [1.82, 2.24) is 14.9 Å². The molecule has 1 heterocycles. The van der Waals surface area contributed by atoms with Crippen molar-refractivity contribution in [3.05, 3.63) is 18.2 Å². The maximum Gasteiger partial charge on any atom is 0.111 e. The SMILES string of the molecule is CNC(C)(CO)Cn1ccnc1C(C)C. The van der Waals surface area contributed by atoms with Gasteiger partial charge in [0, 0.05) is 24.9 Å². The molecule has 2 N–H and O–H groups in total. The predicted molar refractivity (Wildman–Crippen MR) is 60.9 cm³/mol. The fourth-order valence-corrected chi connectivity index (χ4v) is 1.54. The number of rotatable bonds is 5. The van der Waals surface area contributed by atoms with E-state index >= 15 is 0 Å². The number of likely N-dealkylation sites (N-methyl/N-ethyl adjacent to an activating group) is 1. The lowest BCUT2D eigenvalue weighted by Gasteiger charge is -2.28. The molecule has 1 aromatic rings. The van der Waals surface area contributed by atoms with E-state index in [2.05, 4.69) is 28.7 Å². The Morgan fingerprint density at radius 1 is 1.60 bits per heavy atom. The molecule has 15 heavy (non-hydrogen) atoms. The normalized spacial score (nSPS) is 15.6. The number of nitrogens with zero attached hydrogens (tertiary/aromatic N) is 2. The van der Waals surface area contributed by atoms with Crippen LogP contribution in [0.15, 0.2) is 12.4 Å². The summed E-state index contributed by atoms with van der Waals surface area (Å²) in [6.07, 6.45) is 3.77. The molecule has 1 atom stereocenters. The molecular formula is C11H21N3O. The zero-order valence-corrected chi connectivity index (χ0v) is 9.99. The maximum absolute atomic E-state index is 9.32. The molecule has 0 amide bonds. The summed E-state index contributed by atoms with van der Waals surface area (Å²) in [5, 5.41) is 12.5. The fourth-order valence-electron chi connectivity index (χ4n) is 1.54. The minimum Gasteiger partial charge on any atom is -0.394 e. The number of hydrogen-bond acceptors (Lipinski definition) is 3. The van der Waals surface area contributed by atoms with E-state index in [9.17, 15) is 5.11 Å². The van der Waals surface area contributed by atoms with Gasteiger partial charge in [0.15, 0.2) is 0 Å². The molecular weight excluding hydrogens is 190 g/mol. The van der Waals surface area contributed by atoms with Gasteiger partial charge in [0.05, 0.1) is 12.1 Å². The molecule has 0 aliphatic heterocycles. The molecule has 4 heteroatoms. The first-order chi connectivity index (χ1) is 7.02. The number of imidazole rings is 1. The summed E-state index contributed by atoms with van der Waals surface area (Å²) in [7, 11) is 1.86. The first-order valence-corrected chi connectivity index (χ1v) is 5.33. The average molecular weight is 211 g/mol. The van der Waals surface area contributed by atoms with Crippen molar-refractivity contribution in [2.45, 2.75) is 38.8 Å². The van der Waals surface area contributed by atoms with Gasteiger partial charge in [-0.2, -0.15) is 0 Å². The first-order valence-electron chi connectivity index (χ1n) is 5.33. The van der Waals surface area contributed by atoms with Gasteiger partial charge in [-0.25, -0.2) is 4.98 Å². The summed E-state index contributed by atoms with van der Waals surface area (Å²) in [6, 6.07) is 0. The number of aliphatic hydroxyl groups is 1. The molecule has 1 unspecified atom stereocenters. The summed E-state index contributed by atoms with van der Waals surface area (Å²) in [5.41, 5.74) is -0.287. The highest BCUT2D eigenvalue weighted by molar-refractivity contribution is 4.99. The summed E-state index contributed by atoms with van der Waals surface area (Å²) < 4.78 is 2.09. The molecule has 0 fully saturated rings. The Kier molecular flexibility index (Phi) is 3.88.